The summed E-state index contributed by atoms with van der Waals surface area (Å²) in [6, 6.07) is 5.22. The van der Waals surface area contributed by atoms with Crippen LogP contribution in [0.5, 0.6) is 5.88 Å². The Bertz CT molecular complexity index is 690. The lowest BCUT2D eigenvalue weighted by atomic mass is 10.2. The van der Waals surface area contributed by atoms with E-state index in [9.17, 15) is 4.79 Å². The third kappa shape index (κ3) is 5.91. The second-order valence-corrected chi connectivity index (χ2v) is 5.22. The zero-order valence-corrected chi connectivity index (χ0v) is 14.8. The van der Waals surface area contributed by atoms with Crippen molar-refractivity contribution in [1.82, 2.24) is 20.3 Å². The fourth-order valence-corrected chi connectivity index (χ4v) is 2.15. The molecule has 0 unspecified atom stereocenters. The number of amides is 1. The summed E-state index contributed by atoms with van der Waals surface area (Å²) >= 11 is 0. The molecule has 0 saturated carbocycles. The van der Waals surface area contributed by atoms with Gasteiger partial charge in [-0.25, -0.2) is 15.0 Å². The average Bonchev–Trinajstić information content (AvgIpc) is 2.59. The quantitative estimate of drug-likeness (QED) is 0.597. The van der Waals surface area contributed by atoms with Gasteiger partial charge in [0.1, 0.15) is 17.5 Å². The van der Waals surface area contributed by atoms with Crippen molar-refractivity contribution in [3.63, 3.8) is 0 Å². The maximum atomic E-state index is 12.1. The van der Waals surface area contributed by atoms with Crippen molar-refractivity contribution in [1.29, 1.82) is 0 Å². The molecule has 8 heteroatoms. The minimum atomic E-state index is -0.176. The summed E-state index contributed by atoms with van der Waals surface area (Å²) < 4.78 is 5.25. The smallest absolute Gasteiger partial charge is 0.252 e. The summed E-state index contributed by atoms with van der Waals surface area (Å²) in [6.07, 6.45) is 1.50. The van der Waals surface area contributed by atoms with Gasteiger partial charge in [0, 0.05) is 38.0 Å². The monoisotopic (exact) mass is 344 g/mol. The number of nitrogens with one attached hydrogen (secondary N) is 3. The van der Waals surface area contributed by atoms with Crippen LogP contribution in [0.3, 0.4) is 0 Å². The Labute approximate surface area is 147 Å². The lowest BCUT2D eigenvalue weighted by Crippen LogP contribution is -2.29. The normalized spacial score (nSPS) is 10.2. The van der Waals surface area contributed by atoms with Gasteiger partial charge in [-0.05, 0) is 26.8 Å². The van der Waals surface area contributed by atoms with Crippen LogP contribution in [0.1, 0.15) is 30.0 Å². The Hall–Kier alpha value is -2.90. The highest BCUT2D eigenvalue weighted by atomic mass is 16.5. The molecule has 2 rings (SSSR count). The molecule has 2 aromatic heterocycles. The lowest BCUT2D eigenvalue weighted by Gasteiger charge is -2.10. The first kappa shape index (κ1) is 18.4. The van der Waals surface area contributed by atoms with E-state index in [1.807, 2.05) is 26.8 Å². The number of aryl methyl sites for hydroxylation is 1. The number of nitrogens with zero attached hydrogens (tertiary/aromatic N) is 3. The molecule has 0 fully saturated rings. The zero-order valence-electron chi connectivity index (χ0n) is 14.8. The predicted octanol–water partition coefficient (Wildman–Crippen LogP) is 1.85. The molecule has 3 N–H and O–H groups in total. The minimum Gasteiger partial charge on any atom is -0.478 e. The molecule has 0 spiro atoms. The van der Waals surface area contributed by atoms with E-state index in [0.29, 0.717) is 37.0 Å². The van der Waals surface area contributed by atoms with E-state index in [1.165, 1.54) is 6.20 Å². The number of carbonyl (C=O) groups is 1. The fraction of sp³-hybridized carbons (Fsp3) is 0.412. The largest absolute Gasteiger partial charge is 0.478 e. The van der Waals surface area contributed by atoms with Crippen LogP contribution >= 0.6 is 0 Å². The maximum absolute atomic E-state index is 12.1. The molecule has 2 heterocycles. The summed E-state index contributed by atoms with van der Waals surface area (Å²) in [5.41, 5.74) is 0.496. The SMILES string of the molecule is CCNc1cc(NCCNC(=O)c2ccc(OCC)nc2)nc(C)n1. The molecule has 25 heavy (non-hydrogen) atoms. The first-order valence-electron chi connectivity index (χ1n) is 8.32. The Balaban J connectivity index is 1.79. The standard InChI is InChI=1S/C17H24N6O2/c1-4-18-14-10-15(23-12(3)22-14)19-8-9-20-17(24)13-6-7-16(21-11-13)25-5-2/h6-7,10-11H,4-5,8-9H2,1-3H3,(H,20,24)(H2,18,19,22,23). The molecule has 1 amide bonds. The average molecular weight is 344 g/mol. The van der Waals surface area contributed by atoms with Crippen LogP contribution < -0.4 is 20.7 Å². The molecular formula is C17H24N6O2. The summed E-state index contributed by atoms with van der Waals surface area (Å²) in [4.78, 5) is 24.8. The van der Waals surface area contributed by atoms with Crippen LogP contribution in [0.25, 0.3) is 0 Å². The van der Waals surface area contributed by atoms with Gasteiger partial charge in [-0.2, -0.15) is 0 Å². The number of anilines is 2. The molecule has 0 atom stereocenters. The van der Waals surface area contributed by atoms with Crippen LogP contribution in [-0.2, 0) is 0 Å². The first-order chi connectivity index (χ1) is 12.1. The molecule has 0 bridgehead atoms. The minimum absolute atomic E-state index is 0.176. The molecule has 0 aliphatic heterocycles. The van der Waals surface area contributed by atoms with Crippen LogP contribution in [-0.4, -0.2) is 47.1 Å². The van der Waals surface area contributed by atoms with Crippen molar-refractivity contribution in [3.05, 3.63) is 35.8 Å². The Kier molecular flexibility index (Phi) is 6.94. The molecule has 0 aliphatic rings. The van der Waals surface area contributed by atoms with Crippen LogP contribution in [0.15, 0.2) is 24.4 Å². The number of rotatable bonds is 9. The highest BCUT2D eigenvalue weighted by Crippen LogP contribution is 2.10. The number of hydrogen-bond acceptors (Lipinski definition) is 7. The topological polar surface area (TPSA) is 101 Å². The number of carbonyl (C=O) groups excluding carboxylic acids is 1. The van der Waals surface area contributed by atoms with E-state index in [4.69, 9.17) is 4.74 Å². The highest BCUT2D eigenvalue weighted by Gasteiger charge is 2.06. The first-order valence-corrected chi connectivity index (χ1v) is 8.32. The van der Waals surface area contributed by atoms with Gasteiger partial charge in [-0.1, -0.05) is 0 Å². The third-order valence-corrected chi connectivity index (χ3v) is 3.20. The molecule has 134 valence electrons. The second-order valence-electron chi connectivity index (χ2n) is 5.22. The van der Waals surface area contributed by atoms with Crippen molar-refractivity contribution < 1.29 is 9.53 Å². The van der Waals surface area contributed by atoms with Crippen molar-refractivity contribution in [2.45, 2.75) is 20.8 Å². The summed E-state index contributed by atoms with van der Waals surface area (Å²) in [5.74, 6) is 2.52. The van der Waals surface area contributed by atoms with Gasteiger partial charge in [0.2, 0.25) is 5.88 Å². The highest BCUT2D eigenvalue weighted by molar-refractivity contribution is 5.93. The van der Waals surface area contributed by atoms with E-state index in [1.54, 1.807) is 12.1 Å². The number of aromatic nitrogens is 3. The van der Waals surface area contributed by atoms with Crippen molar-refractivity contribution >= 4 is 17.5 Å². The Morgan fingerprint density at radius 3 is 2.52 bits per heavy atom. The number of pyridine rings is 1. The summed E-state index contributed by atoms with van der Waals surface area (Å²) in [5, 5.41) is 9.16. The van der Waals surface area contributed by atoms with Gasteiger partial charge in [-0.3, -0.25) is 4.79 Å². The molecule has 8 nitrogen and oxygen atoms in total. The van der Waals surface area contributed by atoms with Crippen molar-refractivity contribution in [3.8, 4) is 5.88 Å². The Morgan fingerprint density at radius 2 is 1.88 bits per heavy atom. The molecule has 0 aliphatic carbocycles. The molecule has 0 radical (unpaired) electrons. The van der Waals surface area contributed by atoms with Gasteiger partial charge in [0.15, 0.2) is 0 Å². The zero-order chi connectivity index (χ0) is 18.1. The van der Waals surface area contributed by atoms with Crippen LogP contribution in [0.4, 0.5) is 11.6 Å². The summed E-state index contributed by atoms with van der Waals surface area (Å²) in [7, 11) is 0. The van der Waals surface area contributed by atoms with E-state index in [0.717, 1.165) is 18.2 Å². The van der Waals surface area contributed by atoms with Crippen LogP contribution in [0.2, 0.25) is 0 Å². The molecular weight excluding hydrogens is 320 g/mol. The third-order valence-electron chi connectivity index (χ3n) is 3.20. The molecule has 0 saturated heterocycles. The van der Waals surface area contributed by atoms with Gasteiger partial charge in [0.05, 0.1) is 12.2 Å². The van der Waals surface area contributed by atoms with E-state index in [-0.39, 0.29) is 5.91 Å². The summed E-state index contributed by atoms with van der Waals surface area (Å²) in [6.45, 7) is 8.09. The van der Waals surface area contributed by atoms with E-state index in [2.05, 4.69) is 30.9 Å². The van der Waals surface area contributed by atoms with Gasteiger partial charge in [-0.15, -0.1) is 0 Å². The maximum Gasteiger partial charge on any atom is 0.252 e. The van der Waals surface area contributed by atoms with E-state index < -0.39 is 0 Å². The molecule has 0 aromatic carbocycles. The second kappa shape index (κ2) is 9.41. The Morgan fingerprint density at radius 1 is 1.12 bits per heavy atom. The fourth-order valence-electron chi connectivity index (χ4n) is 2.15. The predicted molar refractivity (Wildman–Crippen MR) is 97.2 cm³/mol. The lowest BCUT2D eigenvalue weighted by molar-refractivity contribution is 0.0954. The van der Waals surface area contributed by atoms with Gasteiger partial charge in [0.25, 0.3) is 5.91 Å². The number of hydrogen-bond donors (Lipinski definition) is 3. The molecule has 2 aromatic rings. The van der Waals surface area contributed by atoms with Crippen LogP contribution in [0, 0.1) is 6.92 Å². The number of ether oxygens (including phenoxy) is 1. The van der Waals surface area contributed by atoms with Crippen molar-refractivity contribution in [2.24, 2.45) is 0 Å². The van der Waals surface area contributed by atoms with E-state index >= 15 is 0 Å². The van der Waals surface area contributed by atoms with Gasteiger partial charge < -0.3 is 20.7 Å². The van der Waals surface area contributed by atoms with Gasteiger partial charge >= 0.3 is 0 Å². The van der Waals surface area contributed by atoms with Crippen molar-refractivity contribution in [2.75, 3.05) is 36.9 Å².